The van der Waals surface area contributed by atoms with Crippen molar-refractivity contribution in [2.75, 3.05) is 20.2 Å². The normalized spacial score (nSPS) is 25.2. The van der Waals surface area contributed by atoms with Gasteiger partial charge in [0.05, 0.1) is 30.7 Å². The van der Waals surface area contributed by atoms with Crippen LogP contribution in [-0.2, 0) is 11.2 Å². The third-order valence-electron chi connectivity index (χ3n) is 7.38. The quantitative estimate of drug-likeness (QED) is 0.776. The number of carbonyl (C=O) groups is 2. The maximum absolute atomic E-state index is 13.3. The molecule has 0 radical (unpaired) electrons. The lowest BCUT2D eigenvalue weighted by Gasteiger charge is -2.48. The van der Waals surface area contributed by atoms with Crippen molar-refractivity contribution in [3.05, 3.63) is 64.7 Å². The molecule has 32 heavy (non-hydrogen) atoms. The molecule has 2 saturated heterocycles. The van der Waals surface area contributed by atoms with E-state index in [9.17, 15) is 9.59 Å². The first kappa shape index (κ1) is 21.0. The molecule has 5 rings (SSSR count). The first-order valence-corrected chi connectivity index (χ1v) is 11.7. The molecule has 3 aliphatic rings. The van der Waals surface area contributed by atoms with Gasteiger partial charge in [-0.1, -0.05) is 36.4 Å². The molecule has 2 aromatic rings. The van der Waals surface area contributed by atoms with E-state index >= 15 is 0 Å². The highest BCUT2D eigenvalue weighted by Gasteiger charge is 2.46. The van der Waals surface area contributed by atoms with Crippen molar-refractivity contribution >= 4 is 11.8 Å². The summed E-state index contributed by atoms with van der Waals surface area (Å²) < 4.78 is 5.85. The number of hydrogen-bond donors (Lipinski definition) is 2. The number of piperidine rings is 2. The average Bonchev–Trinajstić information content (AvgIpc) is 2.83. The predicted molar refractivity (Wildman–Crippen MR) is 123 cm³/mol. The van der Waals surface area contributed by atoms with Gasteiger partial charge in [-0.3, -0.25) is 9.59 Å². The van der Waals surface area contributed by atoms with Crippen LogP contribution in [0.15, 0.2) is 42.5 Å². The fourth-order valence-electron chi connectivity index (χ4n) is 5.73. The largest absolute Gasteiger partial charge is 0.496 e. The molecule has 168 valence electrons. The Morgan fingerprint density at radius 2 is 2.03 bits per heavy atom. The predicted octanol–water partition coefficient (Wildman–Crippen LogP) is 3.38. The second-order valence-corrected chi connectivity index (χ2v) is 9.17. The Balaban J connectivity index is 1.47. The van der Waals surface area contributed by atoms with Gasteiger partial charge < -0.3 is 20.3 Å². The minimum Gasteiger partial charge on any atom is -0.496 e. The van der Waals surface area contributed by atoms with E-state index in [1.54, 1.807) is 7.11 Å². The number of carbonyl (C=O) groups excluding carboxylic acids is 2. The summed E-state index contributed by atoms with van der Waals surface area (Å²) in [5.74, 6) is 0.774. The van der Waals surface area contributed by atoms with Gasteiger partial charge in [0.25, 0.3) is 5.91 Å². The van der Waals surface area contributed by atoms with Gasteiger partial charge >= 0.3 is 0 Å². The highest BCUT2D eigenvalue weighted by molar-refractivity contribution is 5.98. The number of nitrogens with one attached hydrogen (secondary N) is 2. The molecule has 6 nitrogen and oxygen atoms in total. The van der Waals surface area contributed by atoms with Crippen molar-refractivity contribution in [2.24, 2.45) is 5.92 Å². The maximum atomic E-state index is 13.3. The van der Waals surface area contributed by atoms with Crippen molar-refractivity contribution in [3.8, 4) is 5.75 Å². The van der Waals surface area contributed by atoms with Gasteiger partial charge in [-0.25, -0.2) is 0 Å². The maximum Gasteiger partial charge on any atom is 0.255 e. The Bertz CT molecular complexity index is 1020. The zero-order valence-electron chi connectivity index (χ0n) is 18.8. The van der Waals surface area contributed by atoms with Gasteiger partial charge in [0, 0.05) is 18.2 Å². The van der Waals surface area contributed by atoms with Gasteiger partial charge in [0.15, 0.2) is 0 Å². The standard InChI is InChI=1S/C26H31N3O3/c1-16(17-7-4-3-5-8-17)28-25(30)20-11-10-18-12-14-29-22(23(18)24(20)32-2)15-21-19(26(29)31)9-6-13-27-21/h3-5,7-8,10-11,16,19,21-22,27H,6,9,12-15H2,1-2H3,(H,28,30)/t16-,19?,21?,22?/m1/s1. The third kappa shape index (κ3) is 3.56. The minimum absolute atomic E-state index is 0.0488. The van der Waals surface area contributed by atoms with E-state index in [0.717, 1.165) is 49.9 Å². The van der Waals surface area contributed by atoms with Crippen molar-refractivity contribution in [1.29, 1.82) is 0 Å². The topological polar surface area (TPSA) is 70.7 Å². The van der Waals surface area contributed by atoms with Crippen LogP contribution in [0.2, 0.25) is 0 Å². The highest BCUT2D eigenvalue weighted by atomic mass is 16.5. The molecular formula is C26H31N3O3. The highest BCUT2D eigenvalue weighted by Crippen LogP contribution is 2.45. The minimum atomic E-state index is -0.158. The summed E-state index contributed by atoms with van der Waals surface area (Å²) in [4.78, 5) is 28.6. The van der Waals surface area contributed by atoms with E-state index in [1.807, 2.05) is 54.3 Å². The van der Waals surface area contributed by atoms with Gasteiger partial charge in [-0.05, 0) is 56.3 Å². The van der Waals surface area contributed by atoms with Crippen LogP contribution in [0.4, 0.5) is 0 Å². The summed E-state index contributed by atoms with van der Waals surface area (Å²) in [6, 6.07) is 13.9. The Morgan fingerprint density at radius 3 is 2.81 bits per heavy atom. The summed E-state index contributed by atoms with van der Waals surface area (Å²) in [7, 11) is 1.62. The number of ether oxygens (including phenoxy) is 1. The van der Waals surface area contributed by atoms with Crippen LogP contribution in [0.3, 0.4) is 0 Å². The molecule has 0 saturated carbocycles. The van der Waals surface area contributed by atoms with Crippen molar-refractivity contribution in [1.82, 2.24) is 15.5 Å². The molecule has 2 aromatic carbocycles. The lowest BCUT2D eigenvalue weighted by Crippen LogP contribution is -2.57. The smallest absolute Gasteiger partial charge is 0.255 e. The number of amides is 2. The van der Waals surface area contributed by atoms with Crippen LogP contribution in [0.25, 0.3) is 0 Å². The Hall–Kier alpha value is -2.86. The fraction of sp³-hybridized carbons (Fsp3) is 0.462. The number of methoxy groups -OCH3 is 1. The van der Waals surface area contributed by atoms with Crippen LogP contribution in [-0.4, -0.2) is 43.0 Å². The molecule has 2 amide bonds. The number of nitrogens with zero attached hydrogens (tertiary/aromatic N) is 1. The van der Waals surface area contributed by atoms with E-state index in [4.69, 9.17) is 4.74 Å². The summed E-state index contributed by atoms with van der Waals surface area (Å²) in [5, 5.41) is 6.68. The monoisotopic (exact) mass is 433 g/mol. The lowest BCUT2D eigenvalue weighted by atomic mass is 9.76. The summed E-state index contributed by atoms with van der Waals surface area (Å²) in [5.41, 5.74) is 3.77. The average molecular weight is 434 g/mol. The molecule has 3 heterocycles. The van der Waals surface area contributed by atoms with E-state index in [1.165, 1.54) is 5.56 Å². The zero-order chi connectivity index (χ0) is 22.2. The molecule has 0 aromatic heterocycles. The number of fused-ring (bicyclic) bond motifs is 4. The fourth-order valence-corrected chi connectivity index (χ4v) is 5.73. The first-order chi connectivity index (χ1) is 15.6. The SMILES string of the molecule is COc1c(C(=O)N[C@H](C)c2ccccc2)ccc2c1C1CC3NCCCC3C(=O)N1CC2. The Kier molecular flexibility index (Phi) is 5.64. The van der Waals surface area contributed by atoms with E-state index in [0.29, 0.717) is 11.3 Å². The van der Waals surface area contributed by atoms with E-state index in [2.05, 4.69) is 10.6 Å². The first-order valence-electron chi connectivity index (χ1n) is 11.7. The molecular weight excluding hydrogens is 402 g/mol. The van der Waals surface area contributed by atoms with Gasteiger partial charge in [-0.2, -0.15) is 0 Å². The molecule has 2 N–H and O–H groups in total. The molecule has 6 heteroatoms. The van der Waals surface area contributed by atoms with Crippen LogP contribution in [0, 0.1) is 5.92 Å². The van der Waals surface area contributed by atoms with E-state index < -0.39 is 0 Å². The number of rotatable bonds is 4. The number of benzene rings is 2. The summed E-state index contributed by atoms with van der Waals surface area (Å²) in [6.07, 6.45) is 3.67. The van der Waals surface area contributed by atoms with Crippen LogP contribution in [0.1, 0.15) is 65.3 Å². The molecule has 4 atom stereocenters. The molecule has 0 spiro atoms. The molecule has 3 unspecified atom stereocenters. The second kappa shape index (κ2) is 8.58. The van der Waals surface area contributed by atoms with Crippen molar-refractivity contribution in [3.63, 3.8) is 0 Å². The molecule has 3 aliphatic heterocycles. The zero-order valence-corrected chi connectivity index (χ0v) is 18.8. The molecule has 2 fully saturated rings. The van der Waals surface area contributed by atoms with Gasteiger partial charge in [0.2, 0.25) is 5.91 Å². The Morgan fingerprint density at radius 1 is 1.22 bits per heavy atom. The Labute approximate surface area is 189 Å². The van der Waals surface area contributed by atoms with Crippen LogP contribution >= 0.6 is 0 Å². The van der Waals surface area contributed by atoms with Crippen LogP contribution in [0.5, 0.6) is 5.75 Å². The van der Waals surface area contributed by atoms with Crippen molar-refractivity contribution < 1.29 is 14.3 Å². The van der Waals surface area contributed by atoms with Gasteiger partial charge in [0.1, 0.15) is 5.75 Å². The van der Waals surface area contributed by atoms with Gasteiger partial charge in [-0.15, -0.1) is 0 Å². The summed E-state index contributed by atoms with van der Waals surface area (Å²) >= 11 is 0. The second-order valence-electron chi connectivity index (χ2n) is 9.17. The molecule has 0 bridgehead atoms. The molecule has 0 aliphatic carbocycles. The third-order valence-corrected chi connectivity index (χ3v) is 7.38. The number of hydrogen-bond acceptors (Lipinski definition) is 4. The van der Waals surface area contributed by atoms with Crippen LogP contribution < -0.4 is 15.4 Å². The van der Waals surface area contributed by atoms with E-state index in [-0.39, 0.29) is 35.9 Å². The lowest BCUT2D eigenvalue weighted by molar-refractivity contribution is -0.145. The summed E-state index contributed by atoms with van der Waals surface area (Å²) in [6.45, 7) is 3.68. The van der Waals surface area contributed by atoms with Crippen molar-refractivity contribution in [2.45, 2.75) is 50.7 Å².